The third kappa shape index (κ3) is 2.63. The number of hydrogen-bond acceptors (Lipinski definition) is 5. The summed E-state index contributed by atoms with van der Waals surface area (Å²) in [5.74, 6) is 4.26. The number of aromatic nitrogens is 2. The van der Waals surface area contributed by atoms with Gasteiger partial charge in [-0.05, 0) is 55.2 Å². The maximum Gasteiger partial charge on any atom is 0.229 e. The van der Waals surface area contributed by atoms with Gasteiger partial charge in [0.1, 0.15) is 5.75 Å². The number of nitrogens with two attached hydrogens (primary N) is 1. The summed E-state index contributed by atoms with van der Waals surface area (Å²) < 4.78 is 10.9. The quantitative estimate of drug-likeness (QED) is 0.939. The van der Waals surface area contributed by atoms with Gasteiger partial charge in [0.05, 0.1) is 7.11 Å². The number of benzene rings is 1. The molecule has 23 heavy (non-hydrogen) atoms. The summed E-state index contributed by atoms with van der Waals surface area (Å²) in [6.45, 7) is 2.04. The monoisotopic (exact) mass is 313 g/mol. The first-order valence-electron chi connectivity index (χ1n) is 8.35. The molecule has 0 radical (unpaired) electrons. The van der Waals surface area contributed by atoms with Crippen LogP contribution in [0.4, 0.5) is 0 Å². The third-order valence-corrected chi connectivity index (χ3v) is 5.54. The van der Waals surface area contributed by atoms with Crippen LogP contribution in [0.5, 0.6) is 5.75 Å². The van der Waals surface area contributed by atoms with Gasteiger partial charge in [-0.15, -0.1) is 0 Å². The summed E-state index contributed by atoms with van der Waals surface area (Å²) >= 11 is 0. The number of hydrogen-bond donors (Lipinski definition) is 1. The van der Waals surface area contributed by atoms with Crippen LogP contribution in [0.1, 0.15) is 48.0 Å². The second kappa shape index (κ2) is 5.64. The maximum absolute atomic E-state index is 6.07. The second-order valence-electron chi connectivity index (χ2n) is 7.02. The van der Waals surface area contributed by atoms with E-state index >= 15 is 0 Å². The van der Waals surface area contributed by atoms with Gasteiger partial charge in [0.2, 0.25) is 5.89 Å². The van der Waals surface area contributed by atoms with E-state index in [9.17, 15) is 0 Å². The lowest BCUT2D eigenvalue weighted by Gasteiger charge is -2.37. The van der Waals surface area contributed by atoms with Crippen LogP contribution in [0.25, 0.3) is 0 Å². The Hall–Kier alpha value is -1.88. The fourth-order valence-electron chi connectivity index (χ4n) is 4.15. The molecule has 1 unspecified atom stereocenters. The number of rotatable bonds is 4. The van der Waals surface area contributed by atoms with Gasteiger partial charge >= 0.3 is 0 Å². The standard InChI is InChI=1S/C18H23N3O2/c1-10-3-4-11(5-16(10)22-2)6-17-20-18(23-21-17)13-7-12-9-15(19)14(12)8-13/h3-5,12-15H,6-9,19H2,1-2H3/t12-,13?,14-,15+/m1/s1. The lowest BCUT2D eigenvalue weighted by Crippen LogP contribution is -2.44. The van der Waals surface area contributed by atoms with E-state index in [0.29, 0.717) is 24.3 Å². The van der Waals surface area contributed by atoms with Crippen LogP contribution in [0, 0.1) is 18.8 Å². The Bertz CT molecular complexity index is 712. The van der Waals surface area contributed by atoms with Gasteiger partial charge in [0.15, 0.2) is 5.82 Å². The molecule has 2 saturated carbocycles. The van der Waals surface area contributed by atoms with Crippen molar-refractivity contribution in [3.05, 3.63) is 41.0 Å². The fourth-order valence-corrected chi connectivity index (χ4v) is 4.15. The van der Waals surface area contributed by atoms with Crippen molar-refractivity contribution in [3.63, 3.8) is 0 Å². The van der Waals surface area contributed by atoms with Crippen LogP contribution in [-0.2, 0) is 6.42 Å². The minimum Gasteiger partial charge on any atom is -0.496 e. The summed E-state index contributed by atoms with van der Waals surface area (Å²) in [7, 11) is 1.69. The van der Waals surface area contributed by atoms with E-state index in [1.807, 2.05) is 13.0 Å². The molecule has 2 fully saturated rings. The molecule has 122 valence electrons. The molecule has 0 aliphatic heterocycles. The highest BCUT2D eigenvalue weighted by Crippen LogP contribution is 2.52. The molecule has 4 rings (SSSR count). The molecule has 2 N–H and O–H groups in total. The van der Waals surface area contributed by atoms with Crippen LogP contribution in [0.15, 0.2) is 22.7 Å². The SMILES string of the molecule is COc1cc(Cc2noc(C3C[C@@H]4C[C@H](N)[C@@H]4C3)n2)ccc1C. The molecule has 1 aromatic carbocycles. The molecule has 0 bridgehead atoms. The fraction of sp³-hybridized carbons (Fsp3) is 0.556. The first-order chi connectivity index (χ1) is 11.1. The Morgan fingerprint density at radius 3 is 2.91 bits per heavy atom. The largest absolute Gasteiger partial charge is 0.496 e. The van der Waals surface area contributed by atoms with Crippen LogP contribution in [-0.4, -0.2) is 23.3 Å². The topological polar surface area (TPSA) is 74.2 Å². The van der Waals surface area contributed by atoms with E-state index in [0.717, 1.165) is 53.8 Å². The second-order valence-corrected chi connectivity index (χ2v) is 7.02. The van der Waals surface area contributed by atoms with Gasteiger partial charge < -0.3 is 15.0 Å². The molecule has 0 spiro atoms. The van der Waals surface area contributed by atoms with E-state index in [1.54, 1.807) is 7.11 Å². The van der Waals surface area contributed by atoms with Gasteiger partial charge in [0.25, 0.3) is 0 Å². The number of methoxy groups -OCH3 is 1. The molecule has 1 heterocycles. The normalized spacial score (nSPS) is 29.2. The molecule has 2 aliphatic rings. The Morgan fingerprint density at radius 2 is 2.17 bits per heavy atom. The van der Waals surface area contributed by atoms with E-state index in [1.165, 1.54) is 0 Å². The highest BCUT2D eigenvalue weighted by molar-refractivity contribution is 5.37. The molecule has 2 aromatic rings. The summed E-state index contributed by atoms with van der Waals surface area (Å²) in [5, 5.41) is 4.17. The molecule has 4 atom stereocenters. The molecular weight excluding hydrogens is 290 g/mol. The minimum absolute atomic E-state index is 0.382. The Balaban J connectivity index is 1.46. The highest BCUT2D eigenvalue weighted by Gasteiger charge is 2.47. The van der Waals surface area contributed by atoms with Crippen LogP contribution < -0.4 is 10.5 Å². The van der Waals surface area contributed by atoms with E-state index in [4.69, 9.17) is 15.0 Å². The summed E-state index contributed by atoms with van der Waals surface area (Å²) in [6, 6.07) is 6.57. The van der Waals surface area contributed by atoms with Crippen LogP contribution >= 0.6 is 0 Å². The van der Waals surface area contributed by atoms with E-state index < -0.39 is 0 Å². The van der Waals surface area contributed by atoms with Crippen molar-refractivity contribution in [2.45, 2.75) is 44.6 Å². The molecular formula is C18H23N3O2. The first kappa shape index (κ1) is 14.7. The molecule has 5 heteroatoms. The molecule has 2 aliphatic carbocycles. The van der Waals surface area contributed by atoms with Crippen molar-refractivity contribution in [1.82, 2.24) is 10.1 Å². The average molecular weight is 313 g/mol. The van der Waals surface area contributed by atoms with Crippen molar-refractivity contribution in [1.29, 1.82) is 0 Å². The van der Waals surface area contributed by atoms with Crippen molar-refractivity contribution in [2.75, 3.05) is 7.11 Å². The minimum atomic E-state index is 0.382. The van der Waals surface area contributed by atoms with E-state index in [-0.39, 0.29) is 0 Å². The number of aryl methyl sites for hydroxylation is 1. The van der Waals surface area contributed by atoms with Crippen LogP contribution in [0.2, 0.25) is 0 Å². The molecule has 5 nitrogen and oxygen atoms in total. The maximum atomic E-state index is 6.07. The van der Waals surface area contributed by atoms with Gasteiger partial charge in [-0.25, -0.2) is 0 Å². The Labute approximate surface area is 136 Å². The predicted molar refractivity (Wildman–Crippen MR) is 86.4 cm³/mol. The zero-order valence-corrected chi connectivity index (χ0v) is 13.7. The Morgan fingerprint density at radius 1 is 1.30 bits per heavy atom. The van der Waals surface area contributed by atoms with Crippen molar-refractivity contribution >= 4 is 0 Å². The number of ether oxygens (including phenoxy) is 1. The predicted octanol–water partition coefficient (Wildman–Crippen LogP) is 2.82. The lowest BCUT2D eigenvalue weighted by atomic mass is 9.72. The third-order valence-electron chi connectivity index (χ3n) is 5.54. The van der Waals surface area contributed by atoms with Gasteiger partial charge in [0, 0.05) is 18.4 Å². The van der Waals surface area contributed by atoms with Crippen molar-refractivity contribution in [3.8, 4) is 5.75 Å². The first-order valence-corrected chi connectivity index (χ1v) is 8.35. The number of nitrogens with zero attached hydrogens (tertiary/aromatic N) is 2. The molecule has 0 amide bonds. The zero-order chi connectivity index (χ0) is 16.0. The molecule has 1 aromatic heterocycles. The highest BCUT2D eigenvalue weighted by atomic mass is 16.5. The zero-order valence-electron chi connectivity index (χ0n) is 13.7. The smallest absolute Gasteiger partial charge is 0.229 e. The van der Waals surface area contributed by atoms with Crippen LogP contribution in [0.3, 0.4) is 0 Å². The van der Waals surface area contributed by atoms with E-state index in [2.05, 4.69) is 22.3 Å². The van der Waals surface area contributed by atoms with Crippen molar-refractivity contribution in [2.24, 2.45) is 17.6 Å². The van der Waals surface area contributed by atoms with Crippen molar-refractivity contribution < 1.29 is 9.26 Å². The summed E-state index contributed by atoms with van der Waals surface area (Å²) in [4.78, 5) is 4.63. The summed E-state index contributed by atoms with van der Waals surface area (Å²) in [6.07, 6.45) is 4.08. The van der Waals surface area contributed by atoms with Gasteiger partial charge in [-0.2, -0.15) is 4.98 Å². The lowest BCUT2D eigenvalue weighted by molar-refractivity contribution is 0.173. The molecule has 0 saturated heterocycles. The van der Waals surface area contributed by atoms with Gasteiger partial charge in [-0.1, -0.05) is 17.3 Å². The average Bonchev–Trinajstić information content (AvgIpc) is 3.13. The summed E-state index contributed by atoms with van der Waals surface area (Å²) in [5.41, 5.74) is 8.33. The Kier molecular flexibility index (Phi) is 3.60. The van der Waals surface area contributed by atoms with Gasteiger partial charge in [-0.3, -0.25) is 0 Å². The number of fused-ring (bicyclic) bond motifs is 1.